The zero-order chi connectivity index (χ0) is 15.9. The van der Waals surface area contributed by atoms with Gasteiger partial charge < -0.3 is 9.88 Å². The van der Waals surface area contributed by atoms with Crippen LogP contribution in [-0.2, 0) is 14.8 Å². The standard InChI is InChI=1S/C13H23N3O3S2/c1-15(2)21(18,19)11-7-14-13(17)12(6-10-20-3)16-8-4-5-9-16/h4-5,8-9,12H,6-7,10-11H2,1-3H3,(H,14,17)/t12-/m0/s1. The fourth-order valence-corrected chi connectivity index (χ4v) is 2.99. The number of thioether (sulfide) groups is 1. The van der Waals surface area contributed by atoms with Crippen LogP contribution in [0.15, 0.2) is 24.5 Å². The van der Waals surface area contributed by atoms with Crippen LogP contribution in [0.3, 0.4) is 0 Å². The predicted molar refractivity (Wildman–Crippen MR) is 87.0 cm³/mol. The molecule has 1 atom stereocenters. The van der Waals surface area contributed by atoms with Crippen LogP contribution in [-0.4, -0.2) is 61.6 Å². The van der Waals surface area contributed by atoms with Crippen molar-refractivity contribution in [2.75, 3.05) is 38.4 Å². The van der Waals surface area contributed by atoms with Gasteiger partial charge in [-0.2, -0.15) is 11.8 Å². The van der Waals surface area contributed by atoms with E-state index in [1.54, 1.807) is 11.8 Å². The van der Waals surface area contributed by atoms with Gasteiger partial charge in [0.2, 0.25) is 15.9 Å². The highest BCUT2D eigenvalue weighted by Crippen LogP contribution is 2.15. The second kappa shape index (κ2) is 8.45. The van der Waals surface area contributed by atoms with Crippen LogP contribution >= 0.6 is 11.8 Å². The van der Waals surface area contributed by atoms with E-state index in [4.69, 9.17) is 0 Å². The molecule has 0 bridgehead atoms. The number of hydrogen-bond acceptors (Lipinski definition) is 4. The molecule has 0 unspecified atom stereocenters. The van der Waals surface area contributed by atoms with Crippen molar-refractivity contribution >= 4 is 27.7 Å². The fourth-order valence-electron chi connectivity index (χ4n) is 1.80. The molecule has 1 aromatic rings. The molecule has 1 heterocycles. The number of sulfonamides is 1. The molecular formula is C13H23N3O3S2. The molecule has 0 aliphatic carbocycles. The largest absolute Gasteiger partial charge is 0.353 e. The molecule has 1 amide bonds. The van der Waals surface area contributed by atoms with Crippen molar-refractivity contribution in [3.05, 3.63) is 24.5 Å². The second-order valence-corrected chi connectivity index (χ2v) is 8.10. The predicted octanol–water partition coefficient (Wildman–Crippen LogP) is 0.790. The number of hydrogen-bond donors (Lipinski definition) is 1. The normalized spacial score (nSPS) is 13.3. The summed E-state index contributed by atoms with van der Waals surface area (Å²) in [4.78, 5) is 12.3. The summed E-state index contributed by atoms with van der Waals surface area (Å²) < 4.78 is 26.3. The molecule has 0 fully saturated rings. The van der Waals surface area contributed by atoms with Crippen molar-refractivity contribution in [1.29, 1.82) is 0 Å². The molecule has 0 saturated carbocycles. The van der Waals surface area contributed by atoms with Gasteiger partial charge in [0.25, 0.3) is 0 Å². The van der Waals surface area contributed by atoms with Crippen molar-refractivity contribution in [2.45, 2.75) is 12.5 Å². The van der Waals surface area contributed by atoms with E-state index in [-0.39, 0.29) is 24.2 Å². The summed E-state index contributed by atoms with van der Waals surface area (Å²) in [6, 6.07) is 3.45. The summed E-state index contributed by atoms with van der Waals surface area (Å²) in [6.07, 6.45) is 6.40. The number of nitrogens with zero attached hydrogens (tertiary/aromatic N) is 2. The molecule has 1 rings (SSSR count). The minimum atomic E-state index is -3.28. The van der Waals surface area contributed by atoms with Crippen molar-refractivity contribution in [1.82, 2.24) is 14.2 Å². The molecule has 0 aliphatic rings. The van der Waals surface area contributed by atoms with Gasteiger partial charge in [0.15, 0.2) is 0 Å². The van der Waals surface area contributed by atoms with Crippen molar-refractivity contribution in [3.8, 4) is 0 Å². The number of nitrogens with one attached hydrogen (secondary N) is 1. The van der Waals surface area contributed by atoms with Crippen LogP contribution in [0.4, 0.5) is 0 Å². The maximum absolute atomic E-state index is 12.3. The van der Waals surface area contributed by atoms with Crippen LogP contribution in [0, 0.1) is 0 Å². The summed E-state index contributed by atoms with van der Waals surface area (Å²) in [7, 11) is -0.314. The number of aromatic nitrogens is 1. The third-order valence-corrected chi connectivity index (χ3v) is 5.58. The molecule has 0 aliphatic heterocycles. The molecule has 1 N–H and O–H groups in total. The Balaban J connectivity index is 2.58. The lowest BCUT2D eigenvalue weighted by molar-refractivity contribution is -0.124. The van der Waals surface area contributed by atoms with Gasteiger partial charge in [-0.3, -0.25) is 4.79 Å². The first kappa shape index (κ1) is 18.1. The molecule has 0 spiro atoms. The van der Waals surface area contributed by atoms with Crippen LogP contribution in [0.5, 0.6) is 0 Å². The Kier molecular flexibility index (Phi) is 7.27. The van der Waals surface area contributed by atoms with Crippen molar-refractivity contribution in [2.24, 2.45) is 0 Å². The van der Waals surface area contributed by atoms with E-state index in [0.717, 1.165) is 10.1 Å². The molecule has 120 valence electrons. The van der Waals surface area contributed by atoms with Crippen molar-refractivity contribution in [3.63, 3.8) is 0 Å². The van der Waals surface area contributed by atoms with E-state index in [1.165, 1.54) is 14.1 Å². The minimum absolute atomic E-state index is 0.0906. The molecule has 0 saturated heterocycles. The highest BCUT2D eigenvalue weighted by Gasteiger charge is 2.20. The zero-order valence-electron chi connectivity index (χ0n) is 12.7. The monoisotopic (exact) mass is 333 g/mol. The number of carbonyl (C=O) groups excluding carboxylic acids is 1. The van der Waals surface area contributed by atoms with Crippen LogP contribution in [0.2, 0.25) is 0 Å². The smallest absolute Gasteiger partial charge is 0.243 e. The Labute approximate surface area is 130 Å². The van der Waals surface area contributed by atoms with Gasteiger partial charge >= 0.3 is 0 Å². The van der Waals surface area contributed by atoms with E-state index in [1.807, 2.05) is 35.3 Å². The Morgan fingerprint density at radius 2 is 1.95 bits per heavy atom. The lowest BCUT2D eigenvalue weighted by Crippen LogP contribution is -2.37. The maximum Gasteiger partial charge on any atom is 0.243 e. The summed E-state index contributed by atoms with van der Waals surface area (Å²) in [5, 5.41) is 2.72. The molecular weight excluding hydrogens is 310 g/mol. The molecule has 0 aromatic carbocycles. The molecule has 1 aromatic heterocycles. The van der Waals surface area contributed by atoms with Crippen LogP contribution in [0.25, 0.3) is 0 Å². The van der Waals surface area contributed by atoms with E-state index < -0.39 is 10.0 Å². The van der Waals surface area contributed by atoms with E-state index in [2.05, 4.69) is 5.32 Å². The summed E-state index contributed by atoms with van der Waals surface area (Å²) in [5.74, 6) is 0.632. The van der Waals surface area contributed by atoms with Gasteiger partial charge in [-0.15, -0.1) is 0 Å². The average Bonchev–Trinajstić information content (AvgIpc) is 2.92. The Morgan fingerprint density at radius 1 is 1.33 bits per heavy atom. The van der Waals surface area contributed by atoms with Crippen LogP contribution < -0.4 is 5.32 Å². The third-order valence-electron chi connectivity index (χ3n) is 3.10. The van der Waals surface area contributed by atoms with Gasteiger partial charge in [-0.1, -0.05) is 0 Å². The Morgan fingerprint density at radius 3 is 2.48 bits per heavy atom. The third kappa shape index (κ3) is 5.72. The van der Waals surface area contributed by atoms with Gasteiger partial charge in [-0.05, 0) is 30.6 Å². The molecule has 6 nitrogen and oxygen atoms in total. The van der Waals surface area contributed by atoms with E-state index in [9.17, 15) is 13.2 Å². The van der Waals surface area contributed by atoms with Crippen LogP contribution in [0.1, 0.15) is 12.5 Å². The van der Waals surface area contributed by atoms with Gasteiger partial charge in [0.1, 0.15) is 6.04 Å². The number of rotatable bonds is 9. The summed E-state index contributed by atoms with van der Waals surface area (Å²) in [5.41, 5.74) is 0. The first-order valence-corrected chi connectivity index (χ1v) is 9.68. The average molecular weight is 333 g/mol. The first-order valence-electron chi connectivity index (χ1n) is 6.68. The highest BCUT2D eigenvalue weighted by atomic mass is 32.2. The summed E-state index contributed by atoms with van der Waals surface area (Å²) in [6.45, 7) is 0.121. The van der Waals surface area contributed by atoms with E-state index in [0.29, 0.717) is 6.42 Å². The number of amides is 1. The highest BCUT2D eigenvalue weighted by molar-refractivity contribution is 7.98. The lowest BCUT2D eigenvalue weighted by Gasteiger charge is -2.19. The van der Waals surface area contributed by atoms with Gasteiger partial charge in [0.05, 0.1) is 5.75 Å². The summed E-state index contributed by atoms with van der Waals surface area (Å²) >= 11 is 1.68. The van der Waals surface area contributed by atoms with Crippen molar-refractivity contribution < 1.29 is 13.2 Å². The first-order chi connectivity index (χ1) is 9.88. The molecule has 0 radical (unpaired) electrons. The van der Waals surface area contributed by atoms with Gasteiger partial charge in [-0.25, -0.2) is 12.7 Å². The van der Waals surface area contributed by atoms with Gasteiger partial charge in [0, 0.05) is 33.0 Å². The lowest BCUT2D eigenvalue weighted by atomic mass is 10.2. The molecule has 21 heavy (non-hydrogen) atoms. The second-order valence-electron chi connectivity index (χ2n) is 4.82. The van der Waals surface area contributed by atoms with E-state index >= 15 is 0 Å². The topological polar surface area (TPSA) is 71.4 Å². The SMILES string of the molecule is CSCC[C@@H](C(=O)NCCS(=O)(=O)N(C)C)n1cccc1. The quantitative estimate of drug-likeness (QED) is 0.725. The zero-order valence-corrected chi connectivity index (χ0v) is 14.3. The Hall–Kier alpha value is -0.990. The maximum atomic E-state index is 12.3. The minimum Gasteiger partial charge on any atom is -0.353 e. The fraction of sp³-hybridized carbons (Fsp3) is 0.615. The Bertz CT molecular complexity index is 527. The molecule has 8 heteroatoms. The number of carbonyl (C=O) groups is 1.